The van der Waals surface area contributed by atoms with E-state index in [1.54, 1.807) is 60.7 Å². The van der Waals surface area contributed by atoms with Gasteiger partial charge in [-0.25, -0.2) is 5.43 Å². The van der Waals surface area contributed by atoms with E-state index in [0.717, 1.165) is 0 Å². The number of amides is 2. The smallest absolute Gasteiger partial charge is 0.287 e. The maximum absolute atomic E-state index is 12.8. The van der Waals surface area contributed by atoms with Crippen LogP contribution in [-0.2, 0) is 4.79 Å². The number of carbonyl (C=O) groups excluding carboxylic acids is 2. The standard InChI is InChI=1S/C24H19N3O5/c28-19-8-4-5-17(11-19)14-25-27-24(30)20(26-23(29)18-6-2-1-3-7-18)12-16-9-10-21-22(13-16)32-15-31-21/h1-14,28H,15H2,(H,26,29)(H,27,30). The minimum atomic E-state index is -0.622. The molecule has 3 aromatic carbocycles. The van der Waals surface area contributed by atoms with Gasteiger partial charge < -0.3 is 19.9 Å². The van der Waals surface area contributed by atoms with Gasteiger partial charge in [-0.1, -0.05) is 36.4 Å². The predicted molar refractivity (Wildman–Crippen MR) is 118 cm³/mol. The number of phenolic OH excluding ortho intramolecular Hbond substituents is 1. The lowest BCUT2D eigenvalue weighted by Gasteiger charge is -2.09. The van der Waals surface area contributed by atoms with Gasteiger partial charge in [-0.2, -0.15) is 5.10 Å². The molecule has 0 atom stereocenters. The van der Waals surface area contributed by atoms with E-state index in [1.807, 2.05) is 0 Å². The first-order chi connectivity index (χ1) is 15.6. The summed E-state index contributed by atoms with van der Waals surface area (Å²) in [7, 11) is 0. The molecule has 3 aromatic rings. The van der Waals surface area contributed by atoms with Crippen molar-refractivity contribution in [2.24, 2.45) is 5.10 Å². The Balaban J connectivity index is 1.56. The van der Waals surface area contributed by atoms with Gasteiger partial charge in [0, 0.05) is 5.56 Å². The zero-order valence-corrected chi connectivity index (χ0v) is 16.8. The molecule has 0 saturated heterocycles. The normalized spacial score (nSPS) is 12.6. The molecular formula is C24H19N3O5. The average molecular weight is 429 g/mol. The quantitative estimate of drug-likeness (QED) is 0.317. The van der Waals surface area contributed by atoms with Crippen LogP contribution in [0.2, 0.25) is 0 Å². The summed E-state index contributed by atoms with van der Waals surface area (Å²) in [6, 6.07) is 20.1. The summed E-state index contributed by atoms with van der Waals surface area (Å²) in [5.74, 6) is 0.179. The lowest BCUT2D eigenvalue weighted by atomic mass is 10.1. The van der Waals surface area contributed by atoms with Crippen molar-refractivity contribution < 1.29 is 24.2 Å². The number of carbonyl (C=O) groups is 2. The van der Waals surface area contributed by atoms with Gasteiger partial charge in [0.2, 0.25) is 6.79 Å². The van der Waals surface area contributed by atoms with Gasteiger partial charge in [-0.05, 0) is 53.6 Å². The summed E-state index contributed by atoms with van der Waals surface area (Å²) in [6.45, 7) is 0.129. The molecule has 0 unspecified atom stereocenters. The van der Waals surface area contributed by atoms with E-state index in [1.165, 1.54) is 24.4 Å². The van der Waals surface area contributed by atoms with E-state index in [4.69, 9.17) is 9.47 Å². The fourth-order valence-corrected chi connectivity index (χ4v) is 2.94. The number of nitrogens with one attached hydrogen (secondary N) is 2. The molecule has 0 bridgehead atoms. The highest BCUT2D eigenvalue weighted by Crippen LogP contribution is 2.33. The molecule has 4 rings (SSSR count). The third-order valence-electron chi connectivity index (χ3n) is 4.49. The van der Waals surface area contributed by atoms with Gasteiger partial charge in [0.1, 0.15) is 11.4 Å². The van der Waals surface area contributed by atoms with E-state index >= 15 is 0 Å². The molecule has 0 spiro atoms. The first kappa shape index (κ1) is 20.7. The molecule has 1 aliphatic rings. The third kappa shape index (κ3) is 5.11. The zero-order chi connectivity index (χ0) is 22.3. The molecule has 0 saturated carbocycles. The van der Waals surface area contributed by atoms with E-state index in [-0.39, 0.29) is 18.2 Å². The highest BCUT2D eigenvalue weighted by Gasteiger charge is 2.16. The van der Waals surface area contributed by atoms with Gasteiger partial charge in [-0.3, -0.25) is 9.59 Å². The molecule has 1 heterocycles. The molecule has 32 heavy (non-hydrogen) atoms. The van der Waals surface area contributed by atoms with E-state index in [2.05, 4.69) is 15.8 Å². The van der Waals surface area contributed by atoms with Gasteiger partial charge in [0.25, 0.3) is 11.8 Å². The molecule has 0 aromatic heterocycles. The van der Waals surface area contributed by atoms with Crippen LogP contribution in [0.25, 0.3) is 6.08 Å². The molecule has 0 radical (unpaired) electrons. The number of benzene rings is 3. The number of aromatic hydroxyl groups is 1. The van der Waals surface area contributed by atoms with Crippen LogP contribution in [0.1, 0.15) is 21.5 Å². The first-order valence-corrected chi connectivity index (χ1v) is 9.69. The number of hydrazone groups is 1. The second-order valence-electron chi connectivity index (χ2n) is 6.78. The molecule has 160 valence electrons. The van der Waals surface area contributed by atoms with Crippen LogP contribution < -0.4 is 20.2 Å². The Morgan fingerprint density at radius 2 is 1.72 bits per heavy atom. The fourth-order valence-electron chi connectivity index (χ4n) is 2.94. The first-order valence-electron chi connectivity index (χ1n) is 9.69. The molecule has 8 nitrogen and oxygen atoms in total. The molecule has 3 N–H and O–H groups in total. The minimum absolute atomic E-state index is 0.00854. The molecule has 0 fully saturated rings. The summed E-state index contributed by atoms with van der Waals surface area (Å²) in [5, 5.41) is 16.1. The van der Waals surface area contributed by atoms with E-state index in [9.17, 15) is 14.7 Å². The van der Waals surface area contributed by atoms with Crippen molar-refractivity contribution in [1.29, 1.82) is 0 Å². The Bertz CT molecular complexity index is 1210. The van der Waals surface area contributed by atoms with E-state index in [0.29, 0.717) is 28.2 Å². The molecule has 0 aliphatic carbocycles. The second kappa shape index (κ2) is 9.48. The maximum atomic E-state index is 12.8. The van der Waals surface area contributed by atoms with E-state index < -0.39 is 11.8 Å². The van der Waals surface area contributed by atoms with Crippen LogP contribution in [0.5, 0.6) is 17.2 Å². The Morgan fingerprint density at radius 1 is 0.906 bits per heavy atom. The van der Waals surface area contributed by atoms with Crippen LogP contribution >= 0.6 is 0 Å². The molecule has 2 amide bonds. The summed E-state index contributed by atoms with van der Waals surface area (Å²) < 4.78 is 10.7. The van der Waals surface area contributed by atoms with Gasteiger partial charge in [0.05, 0.1) is 6.21 Å². The number of nitrogens with zero attached hydrogens (tertiary/aromatic N) is 1. The van der Waals surface area contributed by atoms with Gasteiger partial charge >= 0.3 is 0 Å². The van der Waals surface area contributed by atoms with Crippen LogP contribution in [0, 0.1) is 0 Å². The number of ether oxygens (including phenoxy) is 2. The molecular weight excluding hydrogens is 410 g/mol. The number of hydrogen-bond acceptors (Lipinski definition) is 6. The van der Waals surface area contributed by atoms with Crippen molar-refractivity contribution in [3.05, 3.63) is 95.2 Å². The van der Waals surface area contributed by atoms with Gasteiger partial charge in [-0.15, -0.1) is 0 Å². The molecule has 8 heteroatoms. The Morgan fingerprint density at radius 3 is 2.53 bits per heavy atom. The average Bonchev–Trinajstić information content (AvgIpc) is 3.27. The summed E-state index contributed by atoms with van der Waals surface area (Å²) in [5.41, 5.74) is 4.01. The zero-order valence-electron chi connectivity index (χ0n) is 16.8. The fraction of sp³-hybridized carbons (Fsp3) is 0.0417. The van der Waals surface area contributed by atoms with Crippen molar-refractivity contribution in [3.63, 3.8) is 0 Å². The lowest BCUT2D eigenvalue weighted by Crippen LogP contribution is -2.32. The largest absolute Gasteiger partial charge is 0.508 e. The van der Waals surface area contributed by atoms with Crippen molar-refractivity contribution in [3.8, 4) is 17.2 Å². The Labute approximate surface area is 183 Å². The van der Waals surface area contributed by atoms with Crippen molar-refractivity contribution in [1.82, 2.24) is 10.7 Å². The summed E-state index contributed by atoms with van der Waals surface area (Å²) in [6.07, 6.45) is 2.90. The van der Waals surface area contributed by atoms with Crippen LogP contribution in [-0.4, -0.2) is 29.9 Å². The van der Waals surface area contributed by atoms with Crippen molar-refractivity contribution in [2.75, 3.05) is 6.79 Å². The van der Waals surface area contributed by atoms with Gasteiger partial charge in [0.15, 0.2) is 11.5 Å². The molecule has 1 aliphatic heterocycles. The predicted octanol–water partition coefficient (Wildman–Crippen LogP) is 3.04. The Hall–Kier alpha value is -4.59. The van der Waals surface area contributed by atoms with Crippen molar-refractivity contribution >= 4 is 24.1 Å². The van der Waals surface area contributed by atoms with Crippen LogP contribution in [0.15, 0.2) is 83.6 Å². The monoisotopic (exact) mass is 429 g/mol. The van der Waals surface area contributed by atoms with Crippen molar-refractivity contribution in [2.45, 2.75) is 0 Å². The topological polar surface area (TPSA) is 109 Å². The number of fused-ring (bicyclic) bond motifs is 1. The third-order valence-corrected chi connectivity index (χ3v) is 4.49. The maximum Gasteiger partial charge on any atom is 0.287 e. The lowest BCUT2D eigenvalue weighted by molar-refractivity contribution is -0.117. The SMILES string of the molecule is O=C(NN=Cc1cccc(O)c1)C(=Cc1ccc2c(c1)OCO2)NC(=O)c1ccccc1. The minimum Gasteiger partial charge on any atom is -0.508 e. The second-order valence-corrected chi connectivity index (χ2v) is 6.78. The number of phenols is 1. The number of hydrogen-bond donors (Lipinski definition) is 3. The number of rotatable bonds is 6. The highest BCUT2D eigenvalue weighted by atomic mass is 16.7. The summed E-state index contributed by atoms with van der Waals surface area (Å²) in [4.78, 5) is 25.4. The Kier molecular flexibility index (Phi) is 6.12. The van der Waals surface area contributed by atoms with Crippen LogP contribution in [0.3, 0.4) is 0 Å². The van der Waals surface area contributed by atoms with Crippen LogP contribution in [0.4, 0.5) is 0 Å². The summed E-state index contributed by atoms with van der Waals surface area (Å²) >= 11 is 0. The highest BCUT2D eigenvalue weighted by molar-refractivity contribution is 6.05.